The lowest BCUT2D eigenvalue weighted by Crippen LogP contribution is -2.03. The van der Waals surface area contributed by atoms with E-state index in [9.17, 15) is 4.21 Å². The lowest BCUT2D eigenvalue weighted by molar-refractivity contribution is 0.340. The van der Waals surface area contributed by atoms with Crippen molar-refractivity contribution in [3.63, 3.8) is 0 Å². The summed E-state index contributed by atoms with van der Waals surface area (Å²) in [4.78, 5) is 4.06. The first-order valence-electron chi connectivity index (χ1n) is 4.69. The van der Waals surface area contributed by atoms with Gasteiger partial charge in [0, 0.05) is 17.2 Å². The van der Waals surface area contributed by atoms with Crippen LogP contribution in [0.5, 0.6) is 5.75 Å². The highest BCUT2D eigenvalue weighted by Crippen LogP contribution is 2.16. The molecule has 1 atom stereocenters. The maximum Gasteiger partial charge on any atom is 0.138 e. The van der Waals surface area contributed by atoms with Crippen molar-refractivity contribution in [2.24, 2.45) is 4.99 Å². The molecule has 1 aliphatic heterocycles. The Morgan fingerprint density at radius 2 is 2.07 bits per heavy atom. The average molecular weight is 221 g/mol. The van der Waals surface area contributed by atoms with E-state index in [-0.39, 0.29) is 0 Å². The minimum Gasteiger partial charge on any atom is -0.494 e. The molecule has 15 heavy (non-hydrogen) atoms. The summed E-state index contributed by atoms with van der Waals surface area (Å²) in [5, 5.41) is 2.18. The van der Waals surface area contributed by atoms with Gasteiger partial charge in [-0.1, -0.05) is 0 Å². The van der Waals surface area contributed by atoms with Crippen molar-refractivity contribution >= 4 is 15.8 Å². The number of hydrogen-bond acceptors (Lipinski definition) is 3. The smallest absolute Gasteiger partial charge is 0.138 e. The zero-order valence-corrected chi connectivity index (χ0v) is 9.16. The Morgan fingerprint density at radius 3 is 2.60 bits per heavy atom. The largest absolute Gasteiger partial charge is 0.494 e. The van der Waals surface area contributed by atoms with Crippen LogP contribution in [0.2, 0.25) is 0 Å². The van der Waals surface area contributed by atoms with Crippen LogP contribution in [-0.4, -0.2) is 15.9 Å². The molecule has 1 aromatic rings. The molecule has 0 bridgehead atoms. The van der Waals surface area contributed by atoms with E-state index < -0.39 is 10.8 Å². The lowest BCUT2D eigenvalue weighted by Gasteiger charge is -2.04. The van der Waals surface area contributed by atoms with Crippen LogP contribution in [0.3, 0.4) is 0 Å². The van der Waals surface area contributed by atoms with E-state index in [4.69, 9.17) is 4.74 Å². The van der Waals surface area contributed by atoms with Gasteiger partial charge in [0.1, 0.15) is 10.8 Å². The monoisotopic (exact) mass is 221 g/mol. The van der Waals surface area contributed by atoms with Gasteiger partial charge in [-0.15, -0.1) is 0 Å². The summed E-state index contributed by atoms with van der Waals surface area (Å²) >= 11 is 0. The normalized spacial score (nSPS) is 19.0. The van der Waals surface area contributed by atoms with Gasteiger partial charge in [-0.3, -0.25) is 0 Å². The SMILES string of the molecule is CCOc1ccc(C2=NC=CS2=O)cc1. The van der Waals surface area contributed by atoms with Crippen LogP contribution >= 0.6 is 0 Å². The Morgan fingerprint density at radius 1 is 1.33 bits per heavy atom. The summed E-state index contributed by atoms with van der Waals surface area (Å²) in [7, 11) is -1.09. The third-order valence-electron chi connectivity index (χ3n) is 1.98. The minimum atomic E-state index is -1.09. The molecule has 0 amide bonds. The van der Waals surface area contributed by atoms with Crippen LogP contribution in [0.25, 0.3) is 0 Å². The third-order valence-corrected chi connectivity index (χ3v) is 3.07. The van der Waals surface area contributed by atoms with Crippen molar-refractivity contribution < 1.29 is 8.95 Å². The number of rotatable bonds is 3. The Hall–Kier alpha value is -1.42. The van der Waals surface area contributed by atoms with Gasteiger partial charge in [0.15, 0.2) is 0 Å². The predicted octanol–water partition coefficient (Wildman–Crippen LogP) is 2.07. The van der Waals surface area contributed by atoms with Crippen LogP contribution in [0.1, 0.15) is 12.5 Å². The van der Waals surface area contributed by atoms with Crippen LogP contribution in [0.15, 0.2) is 40.9 Å². The lowest BCUT2D eigenvalue weighted by atomic mass is 10.2. The van der Waals surface area contributed by atoms with Gasteiger partial charge in [0.2, 0.25) is 0 Å². The molecule has 1 heterocycles. The molecule has 1 aliphatic rings. The van der Waals surface area contributed by atoms with Gasteiger partial charge < -0.3 is 4.74 Å². The van der Waals surface area contributed by atoms with Crippen LogP contribution in [-0.2, 0) is 10.8 Å². The Balaban J connectivity index is 2.21. The van der Waals surface area contributed by atoms with Gasteiger partial charge >= 0.3 is 0 Å². The van der Waals surface area contributed by atoms with E-state index >= 15 is 0 Å². The van der Waals surface area contributed by atoms with E-state index in [2.05, 4.69) is 4.99 Å². The molecule has 0 spiro atoms. The standard InChI is InChI=1S/C11H11NO2S/c1-2-14-10-5-3-9(4-6-10)11-12-7-8-15(11)13/h3-8H,2H2,1H3. The number of aliphatic imine (C=N–C) groups is 1. The fraction of sp³-hybridized carbons (Fsp3) is 0.182. The van der Waals surface area contributed by atoms with Crippen molar-refractivity contribution in [1.82, 2.24) is 0 Å². The Bertz CT molecular complexity index is 434. The van der Waals surface area contributed by atoms with Crippen molar-refractivity contribution in [2.45, 2.75) is 6.92 Å². The molecule has 78 valence electrons. The molecule has 4 heteroatoms. The molecule has 0 saturated heterocycles. The van der Waals surface area contributed by atoms with Crippen molar-refractivity contribution in [3.05, 3.63) is 41.4 Å². The average Bonchev–Trinajstić information content (AvgIpc) is 2.66. The van der Waals surface area contributed by atoms with E-state index in [1.807, 2.05) is 31.2 Å². The van der Waals surface area contributed by atoms with E-state index in [1.54, 1.807) is 11.6 Å². The summed E-state index contributed by atoms with van der Waals surface area (Å²) in [6, 6.07) is 7.46. The maximum absolute atomic E-state index is 11.4. The zero-order chi connectivity index (χ0) is 10.7. The number of hydrogen-bond donors (Lipinski definition) is 0. The second kappa shape index (κ2) is 4.40. The minimum absolute atomic E-state index is 0.609. The van der Waals surface area contributed by atoms with Crippen molar-refractivity contribution in [3.8, 4) is 5.75 Å². The molecule has 0 aromatic heterocycles. The summed E-state index contributed by atoms with van der Waals surface area (Å²) in [6.07, 6.45) is 1.57. The summed E-state index contributed by atoms with van der Waals surface area (Å²) in [5.74, 6) is 0.818. The third kappa shape index (κ3) is 2.15. The second-order valence-electron chi connectivity index (χ2n) is 2.97. The van der Waals surface area contributed by atoms with Gasteiger partial charge in [0.05, 0.1) is 17.4 Å². The summed E-state index contributed by atoms with van der Waals surface area (Å²) in [6.45, 7) is 2.59. The van der Waals surface area contributed by atoms with Gasteiger partial charge in [-0.25, -0.2) is 9.20 Å². The predicted molar refractivity (Wildman–Crippen MR) is 61.4 cm³/mol. The van der Waals surface area contributed by atoms with Crippen molar-refractivity contribution in [1.29, 1.82) is 0 Å². The molecule has 0 radical (unpaired) electrons. The van der Waals surface area contributed by atoms with Crippen molar-refractivity contribution in [2.75, 3.05) is 6.61 Å². The van der Waals surface area contributed by atoms with Gasteiger partial charge in [-0.2, -0.15) is 0 Å². The molecule has 0 aliphatic carbocycles. The molecule has 3 nitrogen and oxygen atoms in total. The summed E-state index contributed by atoms with van der Waals surface area (Å²) in [5.41, 5.74) is 0.877. The first-order valence-corrected chi connectivity index (χ1v) is 5.91. The fourth-order valence-corrected chi connectivity index (χ4v) is 2.15. The molecule has 1 aromatic carbocycles. The Kier molecular flexibility index (Phi) is 2.97. The number of ether oxygens (including phenoxy) is 1. The molecule has 0 fully saturated rings. The zero-order valence-electron chi connectivity index (χ0n) is 8.34. The quantitative estimate of drug-likeness (QED) is 0.783. The fourth-order valence-electron chi connectivity index (χ4n) is 1.32. The summed E-state index contributed by atoms with van der Waals surface area (Å²) < 4.78 is 16.8. The Labute approximate surface area is 90.9 Å². The maximum atomic E-state index is 11.4. The topological polar surface area (TPSA) is 38.7 Å². The first-order chi connectivity index (χ1) is 7.31. The van der Waals surface area contributed by atoms with E-state index in [1.165, 1.54) is 0 Å². The molecular weight excluding hydrogens is 210 g/mol. The molecule has 2 rings (SSSR count). The molecule has 1 unspecified atom stereocenters. The number of nitrogens with zero attached hydrogens (tertiary/aromatic N) is 1. The highest BCUT2D eigenvalue weighted by molar-refractivity contribution is 8.04. The first kappa shape index (κ1) is 10.1. The van der Waals surface area contributed by atoms with Gasteiger partial charge in [0.25, 0.3) is 0 Å². The highest BCUT2D eigenvalue weighted by atomic mass is 32.2. The van der Waals surface area contributed by atoms with E-state index in [0.717, 1.165) is 11.3 Å². The molecule has 0 N–H and O–H groups in total. The van der Waals surface area contributed by atoms with E-state index in [0.29, 0.717) is 11.7 Å². The van der Waals surface area contributed by atoms with Crippen LogP contribution < -0.4 is 4.74 Å². The second-order valence-corrected chi connectivity index (χ2v) is 4.23. The van der Waals surface area contributed by atoms with Crippen LogP contribution in [0.4, 0.5) is 0 Å². The number of benzene rings is 1. The van der Waals surface area contributed by atoms with Gasteiger partial charge in [-0.05, 0) is 31.2 Å². The molecular formula is C11H11NO2S. The molecule has 0 saturated carbocycles. The highest BCUT2D eigenvalue weighted by Gasteiger charge is 2.12. The van der Waals surface area contributed by atoms with Crippen LogP contribution in [0, 0.1) is 0 Å².